The highest BCUT2D eigenvalue weighted by atomic mass is 32.1. The number of aryl methyl sites for hydroxylation is 4. The molecule has 1 aliphatic rings. The smallest absolute Gasteiger partial charge is 0.249 e. The first-order chi connectivity index (χ1) is 16.1. The van der Waals surface area contributed by atoms with E-state index in [1.807, 2.05) is 16.6 Å². The van der Waals surface area contributed by atoms with Crippen LogP contribution in [0.5, 0.6) is 0 Å². The Morgan fingerprint density at radius 3 is 2.61 bits per heavy atom. The summed E-state index contributed by atoms with van der Waals surface area (Å²) >= 11 is 1.58. The average Bonchev–Trinajstić information content (AvgIpc) is 3.40. The van der Waals surface area contributed by atoms with Gasteiger partial charge in [0.1, 0.15) is 0 Å². The van der Waals surface area contributed by atoms with E-state index in [0.29, 0.717) is 11.8 Å². The van der Waals surface area contributed by atoms with Gasteiger partial charge in [-0.25, -0.2) is 4.52 Å². The van der Waals surface area contributed by atoms with E-state index in [1.165, 1.54) is 41.5 Å². The van der Waals surface area contributed by atoms with Crippen LogP contribution in [0.2, 0.25) is 0 Å². The van der Waals surface area contributed by atoms with Crippen LogP contribution < -0.4 is 5.32 Å². The molecule has 5 aromatic rings. The molecule has 1 N–H and O–H groups in total. The predicted octanol–water partition coefficient (Wildman–Crippen LogP) is 6.15. The lowest BCUT2D eigenvalue weighted by atomic mass is 9.90. The number of nitrogens with zero attached hydrogens (tertiary/aromatic N) is 5. The third kappa shape index (κ3) is 3.78. The molecule has 0 radical (unpaired) electrons. The van der Waals surface area contributed by atoms with Crippen molar-refractivity contribution >= 4 is 28.1 Å². The second-order valence-corrected chi connectivity index (χ2v) is 9.53. The molecule has 164 valence electrons. The molecule has 6 rings (SSSR count). The molecule has 0 saturated heterocycles. The van der Waals surface area contributed by atoms with Gasteiger partial charge in [0.2, 0.25) is 10.9 Å². The largest absolute Gasteiger partial charge is 0.306 e. The number of benzene rings is 2. The molecule has 0 atom stereocenters. The molecule has 0 amide bonds. The number of hydrogen-bond donors (Lipinski definition) is 1. The van der Waals surface area contributed by atoms with E-state index in [1.54, 1.807) is 11.3 Å². The zero-order valence-electron chi connectivity index (χ0n) is 18.7. The van der Waals surface area contributed by atoms with Gasteiger partial charge in [0.25, 0.3) is 0 Å². The van der Waals surface area contributed by atoms with Crippen molar-refractivity contribution in [3.63, 3.8) is 0 Å². The maximum absolute atomic E-state index is 4.67. The van der Waals surface area contributed by atoms with Crippen LogP contribution in [0.25, 0.3) is 27.5 Å². The van der Waals surface area contributed by atoms with E-state index in [9.17, 15) is 0 Å². The lowest BCUT2D eigenvalue weighted by Crippen LogP contribution is -2.03. The molecule has 0 unspecified atom stereocenters. The summed E-state index contributed by atoms with van der Waals surface area (Å²) in [6.45, 7) is 4.23. The Morgan fingerprint density at radius 1 is 0.909 bits per heavy atom. The Labute approximate surface area is 196 Å². The molecule has 6 nitrogen and oxygen atoms in total. The van der Waals surface area contributed by atoms with Crippen LogP contribution in [0.4, 0.5) is 11.8 Å². The van der Waals surface area contributed by atoms with Crippen LogP contribution in [0, 0.1) is 13.8 Å². The molecule has 0 saturated carbocycles. The van der Waals surface area contributed by atoms with Gasteiger partial charge in [-0.15, -0.1) is 26.6 Å². The van der Waals surface area contributed by atoms with Crippen molar-refractivity contribution in [2.75, 3.05) is 5.32 Å². The zero-order valence-corrected chi connectivity index (χ0v) is 19.5. The summed E-state index contributed by atoms with van der Waals surface area (Å²) in [5.74, 6) is 1.15. The van der Waals surface area contributed by atoms with Crippen LogP contribution in [-0.2, 0) is 12.8 Å². The highest BCUT2D eigenvalue weighted by Gasteiger charge is 2.14. The molecule has 33 heavy (non-hydrogen) atoms. The van der Waals surface area contributed by atoms with Gasteiger partial charge >= 0.3 is 0 Å². The molecule has 7 heteroatoms. The molecule has 3 aromatic heterocycles. The highest BCUT2D eigenvalue weighted by molar-refractivity contribution is 7.15. The molecular formula is C26H24N6S. The molecule has 0 fully saturated rings. The van der Waals surface area contributed by atoms with Crippen LogP contribution >= 0.6 is 11.3 Å². The van der Waals surface area contributed by atoms with Gasteiger partial charge in [0.05, 0.1) is 11.4 Å². The molecule has 0 aliphatic heterocycles. The minimum Gasteiger partial charge on any atom is -0.306 e. The fourth-order valence-electron chi connectivity index (χ4n) is 4.58. The van der Waals surface area contributed by atoms with Crippen molar-refractivity contribution in [2.24, 2.45) is 0 Å². The Morgan fingerprint density at radius 2 is 1.79 bits per heavy atom. The number of anilines is 2. The number of fused-ring (bicyclic) bond motifs is 2. The van der Waals surface area contributed by atoms with Gasteiger partial charge in [-0.2, -0.15) is 4.98 Å². The molecular weight excluding hydrogens is 428 g/mol. The first-order valence-electron chi connectivity index (χ1n) is 11.3. The van der Waals surface area contributed by atoms with E-state index >= 15 is 0 Å². The standard InChI is InChI=1S/C26H24N6S/c1-16-7-10-21(17(2)13-16)23-15-33-26-28-25(31-32(23)26)27-24-12-11-22(29-30-24)20-9-8-18-5-3-4-6-19(18)14-20/h7-15H,3-6H2,1-2H3,(H,27,30,31). The van der Waals surface area contributed by atoms with E-state index in [-0.39, 0.29) is 0 Å². The fourth-order valence-corrected chi connectivity index (χ4v) is 5.40. The van der Waals surface area contributed by atoms with Crippen molar-refractivity contribution in [3.8, 4) is 22.5 Å². The number of nitrogens with one attached hydrogen (secondary N) is 1. The number of hydrogen-bond acceptors (Lipinski definition) is 6. The summed E-state index contributed by atoms with van der Waals surface area (Å²) in [6, 6.07) is 17.1. The quantitative estimate of drug-likeness (QED) is 0.354. The van der Waals surface area contributed by atoms with Crippen molar-refractivity contribution in [3.05, 3.63) is 76.2 Å². The van der Waals surface area contributed by atoms with E-state index in [2.05, 4.69) is 81.2 Å². The summed E-state index contributed by atoms with van der Waals surface area (Å²) in [7, 11) is 0. The van der Waals surface area contributed by atoms with Crippen LogP contribution in [0.15, 0.2) is 53.9 Å². The van der Waals surface area contributed by atoms with Crippen LogP contribution in [-0.4, -0.2) is 24.8 Å². The molecule has 0 bridgehead atoms. The summed E-state index contributed by atoms with van der Waals surface area (Å²) in [5.41, 5.74) is 9.61. The monoisotopic (exact) mass is 452 g/mol. The first-order valence-corrected chi connectivity index (χ1v) is 12.2. The molecule has 1 aliphatic carbocycles. The van der Waals surface area contributed by atoms with Gasteiger partial charge in [-0.1, -0.05) is 35.9 Å². The van der Waals surface area contributed by atoms with Crippen LogP contribution in [0.3, 0.4) is 0 Å². The van der Waals surface area contributed by atoms with E-state index < -0.39 is 0 Å². The SMILES string of the molecule is Cc1ccc(-c2csc3nc(Nc4ccc(-c5ccc6c(c5)CCCC6)nn4)nn23)c(C)c1. The fraction of sp³-hybridized carbons (Fsp3) is 0.231. The number of thiazole rings is 1. The number of rotatable bonds is 4. The molecule has 2 aromatic carbocycles. The predicted molar refractivity (Wildman–Crippen MR) is 133 cm³/mol. The topological polar surface area (TPSA) is 68.0 Å². The molecule has 3 heterocycles. The lowest BCUT2D eigenvalue weighted by molar-refractivity contribution is 0.686. The third-order valence-corrected chi connectivity index (χ3v) is 7.10. The maximum Gasteiger partial charge on any atom is 0.249 e. The lowest BCUT2D eigenvalue weighted by Gasteiger charge is -2.16. The van der Waals surface area contributed by atoms with Crippen LogP contribution in [0.1, 0.15) is 35.1 Å². The minimum atomic E-state index is 0.517. The highest BCUT2D eigenvalue weighted by Crippen LogP contribution is 2.30. The normalized spacial score (nSPS) is 13.3. The third-order valence-electron chi connectivity index (χ3n) is 6.29. The average molecular weight is 453 g/mol. The van der Waals surface area contributed by atoms with Gasteiger partial charge in [0, 0.05) is 16.5 Å². The second kappa shape index (κ2) is 8.08. The van der Waals surface area contributed by atoms with Crippen molar-refractivity contribution in [1.29, 1.82) is 0 Å². The Kier molecular flexibility index (Phi) is 4.91. The Bertz CT molecular complexity index is 1460. The van der Waals surface area contributed by atoms with Gasteiger partial charge < -0.3 is 5.32 Å². The minimum absolute atomic E-state index is 0.517. The maximum atomic E-state index is 4.67. The number of aromatic nitrogens is 5. The Hall–Kier alpha value is -3.58. The molecule has 0 spiro atoms. The van der Waals surface area contributed by atoms with E-state index in [0.717, 1.165) is 33.9 Å². The van der Waals surface area contributed by atoms with Gasteiger partial charge in [0.15, 0.2) is 5.82 Å². The summed E-state index contributed by atoms with van der Waals surface area (Å²) in [4.78, 5) is 5.46. The van der Waals surface area contributed by atoms with E-state index in [4.69, 9.17) is 0 Å². The van der Waals surface area contributed by atoms with Crippen molar-refractivity contribution in [2.45, 2.75) is 39.5 Å². The van der Waals surface area contributed by atoms with Gasteiger partial charge in [-0.05, 0) is 74.4 Å². The first kappa shape index (κ1) is 20.1. The Balaban J connectivity index is 1.24. The van der Waals surface area contributed by atoms with Crippen molar-refractivity contribution < 1.29 is 0 Å². The summed E-state index contributed by atoms with van der Waals surface area (Å²) in [5, 5.41) is 18.8. The summed E-state index contributed by atoms with van der Waals surface area (Å²) in [6.07, 6.45) is 4.90. The van der Waals surface area contributed by atoms with Gasteiger partial charge in [-0.3, -0.25) is 0 Å². The summed E-state index contributed by atoms with van der Waals surface area (Å²) < 4.78 is 1.89. The van der Waals surface area contributed by atoms with Crippen molar-refractivity contribution in [1.82, 2.24) is 24.8 Å². The zero-order chi connectivity index (χ0) is 22.4. The second-order valence-electron chi connectivity index (χ2n) is 8.69.